The Morgan fingerprint density at radius 3 is 2.14 bits per heavy atom. The van der Waals surface area contributed by atoms with E-state index >= 15 is 0 Å². The summed E-state index contributed by atoms with van der Waals surface area (Å²) in [5.74, 6) is 1.95. The van der Waals surface area contributed by atoms with Crippen LogP contribution in [-0.4, -0.2) is 33.3 Å². The minimum atomic E-state index is -0.155. The van der Waals surface area contributed by atoms with Gasteiger partial charge in [-0.05, 0) is 49.2 Å². The molecule has 0 aliphatic rings. The number of methoxy groups -OCH3 is 3. The van der Waals surface area contributed by atoms with E-state index in [0.29, 0.717) is 11.5 Å². The van der Waals surface area contributed by atoms with Crippen molar-refractivity contribution in [2.24, 2.45) is 0 Å². The number of amides is 1. The number of hydrogen-bond donors (Lipinski definition) is 1. The van der Waals surface area contributed by atoms with E-state index < -0.39 is 0 Å². The van der Waals surface area contributed by atoms with Crippen LogP contribution >= 0.6 is 0 Å². The second-order valence-corrected chi connectivity index (χ2v) is 6.44. The average molecular weight is 381 g/mol. The van der Waals surface area contributed by atoms with Gasteiger partial charge in [-0.15, -0.1) is 0 Å². The highest BCUT2D eigenvalue weighted by Gasteiger charge is 2.09. The summed E-state index contributed by atoms with van der Waals surface area (Å²) >= 11 is 0. The summed E-state index contributed by atoms with van der Waals surface area (Å²) in [6, 6.07) is 11.5. The summed E-state index contributed by atoms with van der Waals surface area (Å²) in [7, 11) is 4.84. The molecular formula is C23H27NO4. The van der Waals surface area contributed by atoms with Crippen molar-refractivity contribution in [1.82, 2.24) is 5.32 Å². The topological polar surface area (TPSA) is 56.8 Å². The van der Waals surface area contributed by atoms with Gasteiger partial charge in [0.2, 0.25) is 5.91 Å². The lowest BCUT2D eigenvalue weighted by Crippen LogP contribution is -2.28. The van der Waals surface area contributed by atoms with Gasteiger partial charge >= 0.3 is 0 Å². The molecule has 0 aromatic heterocycles. The van der Waals surface area contributed by atoms with Crippen molar-refractivity contribution >= 4 is 24.1 Å². The molecule has 5 nitrogen and oxygen atoms in total. The van der Waals surface area contributed by atoms with Gasteiger partial charge in [0, 0.05) is 23.7 Å². The average Bonchev–Trinajstić information content (AvgIpc) is 2.70. The lowest BCUT2D eigenvalue weighted by molar-refractivity contribution is -0.116. The lowest BCUT2D eigenvalue weighted by atomic mass is 10.0. The van der Waals surface area contributed by atoms with Crippen molar-refractivity contribution in [3.05, 3.63) is 59.2 Å². The minimum absolute atomic E-state index is 0.0735. The van der Waals surface area contributed by atoms with E-state index in [-0.39, 0.29) is 11.9 Å². The molecule has 148 valence electrons. The van der Waals surface area contributed by atoms with Crippen LogP contribution in [0.25, 0.3) is 18.2 Å². The third-order valence-electron chi connectivity index (χ3n) is 4.01. The normalized spacial score (nSPS) is 11.2. The molecule has 0 aliphatic carbocycles. The van der Waals surface area contributed by atoms with Gasteiger partial charge in [-0.3, -0.25) is 4.79 Å². The Bertz CT molecular complexity index is 852. The lowest BCUT2D eigenvalue weighted by Gasteiger charge is -2.12. The molecule has 0 unspecified atom stereocenters. The SMILES string of the molecule is COc1ccc(/C=C/c2cc(OC)cc(OC)c2/C=C/C(=O)NC(C)C)cc1. The summed E-state index contributed by atoms with van der Waals surface area (Å²) < 4.78 is 16.1. The van der Waals surface area contributed by atoms with E-state index in [9.17, 15) is 4.79 Å². The maximum atomic E-state index is 12.0. The van der Waals surface area contributed by atoms with E-state index in [4.69, 9.17) is 14.2 Å². The second kappa shape index (κ2) is 10.2. The van der Waals surface area contributed by atoms with E-state index in [0.717, 1.165) is 22.4 Å². The molecule has 2 rings (SSSR count). The fourth-order valence-electron chi connectivity index (χ4n) is 2.62. The summed E-state index contributed by atoms with van der Waals surface area (Å²) in [6.45, 7) is 3.84. The predicted molar refractivity (Wildman–Crippen MR) is 114 cm³/mol. The van der Waals surface area contributed by atoms with Gasteiger partial charge in [0.15, 0.2) is 0 Å². The molecule has 2 aromatic rings. The first-order valence-corrected chi connectivity index (χ1v) is 9.03. The van der Waals surface area contributed by atoms with Crippen LogP contribution in [0.2, 0.25) is 0 Å². The third-order valence-corrected chi connectivity index (χ3v) is 4.01. The predicted octanol–water partition coefficient (Wildman–Crippen LogP) is 4.42. The van der Waals surface area contributed by atoms with Gasteiger partial charge in [0.25, 0.3) is 0 Å². The molecule has 5 heteroatoms. The monoisotopic (exact) mass is 381 g/mol. The molecule has 0 radical (unpaired) electrons. The summed E-state index contributed by atoms with van der Waals surface area (Å²) in [5.41, 5.74) is 2.70. The molecule has 1 N–H and O–H groups in total. The number of carbonyl (C=O) groups is 1. The fourth-order valence-corrected chi connectivity index (χ4v) is 2.62. The van der Waals surface area contributed by atoms with Gasteiger partial charge in [-0.2, -0.15) is 0 Å². The largest absolute Gasteiger partial charge is 0.497 e. The van der Waals surface area contributed by atoms with Crippen LogP contribution in [0.15, 0.2) is 42.5 Å². The minimum Gasteiger partial charge on any atom is -0.497 e. The van der Waals surface area contributed by atoms with Crippen LogP contribution in [0.5, 0.6) is 17.2 Å². The Kier molecular flexibility index (Phi) is 7.69. The first-order chi connectivity index (χ1) is 13.5. The molecule has 0 bridgehead atoms. The summed E-state index contributed by atoms with van der Waals surface area (Å²) in [6.07, 6.45) is 7.21. The Morgan fingerprint density at radius 1 is 0.893 bits per heavy atom. The zero-order chi connectivity index (χ0) is 20.5. The molecule has 0 fully saturated rings. The molecule has 0 saturated heterocycles. The van der Waals surface area contributed by atoms with Gasteiger partial charge in [0.05, 0.1) is 21.3 Å². The molecular weight excluding hydrogens is 354 g/mol. The van der Waals surface area contributed by atoms with Crippen LogP contribution in [0.1, 0.15) is 30.5 Å². The Morgan fingerprint density at radius 2 is 1.57 bits per heavy atom. The summed E-state index contributed by atoms with van der Waals surface area (Å²) in [4.78, 5) is 12.0. The fraction of sp³-hybridized carbons (Fsp3) is 0.261. The maximum absolute atomic E-state index is 12.0. The standard InChI is InChI=1S/C23H27NO4/c1-16(2)24-23(25)13-12-21-18(14-20(27-4)15-22(21)28-5)9-6-17-7-10-19(26-3)11-8-17/h6-16H,1-5H3,(H,24,25)/b9-6+,13-12+. The highest BCUT2D eigenvalue weighted by Crippen LogP contribution is 2.31. The molecule has 0 heterocycles. The first kappa shape index (κ1) is 21.1. The number of hydrogen-bond acceptors (Lipinski definition) is 4. The molecule has 0 atom stereocenters. The third kappa shape index (κ3) is 5.91. The van der Waals surface area contributed by atoms with Crippen molar-refractivity contribution in [1.29, 1.82) is 0 Å². The van der Waals surface area contributed by atoms with Crippen molar-refractivity contribution < 1.29 is 19.0 Å². The van der Waals surface area contributed by atoms with Crippen LogP contribution in [0, 0.1) is 0 Å². The first-order valence-electron chi connectivity index (χ1n) is 9.03. The van der Waals surface area contributed by atoms with Gasteiger partial charge in [-0.1, -0.05) is 24.3 Å². The van der Waals surface area contributed by atoms with Gasteiger partial charge < -0.3 is 19.5 Å². The molecule has 1 amide bonds. The Balaban J connectivity index is 2.40. The highest BCUT2D eigenvalue weighted by molar-refractivity contribution is 5.93. The number of nitrogens with one attached hydrogen (secondary N) is 1. The van der Waals surface area contributed by atoms with Gasteiger partial charge in [-0.25, -0.2) is 0 Å². The molecule has 2 aromatic carbocycles. The molecule has 0 saturated carbocycles. The van der Waals surface area contributed by atoms with Crippen molar-refractivity contribution in [3.63, 3.8) is 0 Å². The number of benzene rings is 2. The number of rotatable bonds is 8. The van der Waals surface area contributed by atoms with Crippen molar-refractivity contribution in [2.45, 2.75) is 19.9 Å². The quantitative estimate of drug-likeness (QED) is 0.543. The van der Waals surface area contributed by atoms with Crippen LogP contribution < -0.4 is 19.5 Å². The second-order valence-electron chi connectivity index (χ2n) is 6.44. The highest BCUT2D eigenvalue weighted by atomic mass is 16.5. The summed E-state index contributed by atoms with van der Waals surface area (Å²) in [5, 5.41) is 2.84. The van der Waals surface area contributed by atoms with Crippen molar-refractivity contribution in [3.8, 4) is 17.2 Å². The Labute approximate surface area is 166 Å². The van der Waals surface area contributed by atoms with E-state index in [1.165, 1.54) is 6.08 Å². The van der Waals surface area contributed by atoms with Gasteiger partial charge in [0.1, 0.15) is 17.2 Å². The molecule has 0 spiro atoms. The number of ether oxygens (including phenoxy) is 3. The zero-order valence-electron chi connectivity index (χ0n) is 17.0. The van der Waals surface area contributed by atoms with Crippen LogP contribution in [0.3, 0.4) is 0 Å². The Hall–Kier alpha value is -3.21. The zero-order valence-corrected chi connectivity index (χ0v) is 17.0. The van der Waals surface area contributed by atoms with E-state index in [1.807, 2.05) is 56.3 Å². The maximum Gasteiger partial charge on any atom is 0.244 e. The van der Waals surface area contributed by atoms with Crippen molar-refractivity contribution in [2.75, 3.05) is 21.3 Å². The van der Waals surface area contributed by atoms with Crippen LogP contribution in [-0.2, 0) is 4.79 Å². The van der Waals surface area contributed by atoms with E-state index in [1.54, 1.807) is 33.5 Å². The number of carbonyl (C=O) groups excluding carboxylic acids is 1. The molecule has 28 heavy (non-hydrogen) atoms. The van der Waals surface area contributed by atoms with E-state index in [2.05, 4.69) is 5.32 Å². The van der Waals surface area contributed by atoms with Crippen LogP contribution in [0.4, 0.5) is 0 Å². The smallest absolute Gasteiger partial charge is 0.244 e. The molecule has 0 aliphatic heterocycles.